The summed E-state index contributed by atoms with van der Waals surface area (Å²) in [6.45, 7) is 6.35. The molecule has 0 heterocycles. The maximum Gasteiger partial charge on any atom is 0.171 e. The summed E-state index contributed by atoms with van der Waals surface area (Å²) in [6, 6.07) is 3.56. The number of halogens is 1. The van der Waals surface area contributed by atoms with E-state index in [0.29, 0.717) is 3.57 Å². The molecule has 0 aromatic heterocycles. The summed E-state index contributed by atoms with van der Waals surface area (Å²) in [5, 5.41) is 18.9. The lowest BCUT2D eigenvalue weighted by molar-refractivity contribution is 0.397. The normalized spacial score (nSPS) is 11.7. The predicted octanol–water partition coefficient (Wildman–Crippen LogP) is 3.39. The van der Waals surface area contributed by atoms with Gasteiger partial charge < -0.3 is 10.2 Å². The van der Waals surface area contributed by atoms with Gasteiger partial charge in [0.15, 0.2) is 11.5 Å². The van der Waals surface area contributed by atoms with E-state index < -0.39 is 0 Å². The average molecular weight is 306 g/mol. The molecule has 0 saturated carbocycles. The minimum absolute atomic E-state index is 0.0266. The van der Waals surface area contributed by atoms with Crippen LogP contribution in [0.5, 0.6) is 11.5 Å². The van der Waals surface area contributed by atoms with Crippen LogP contribution in [0.4, 0.5) is 0 Å². The highest BCUT2D eigenvalue weighted by Gasteiger charge is 2.20. The van der Waals surface area contributed by atoms with Crippen molar-refractivity contribution in [2.45, 2.75) is 32.6 Å². The van der Waals surface area contributed by atoms with E-state index in [0.717, 1.165) is 12.0 Å². The van der Waals surface area contributed by atoms with Gasteiger partial charge in [-0.25, -0.2) is 0 Å². The molecule has 0 fully saturated rings. The molecule has 0 saturated heterocycles. The average Bonchev–Trinajstić information content (AvgIpc) is 2.13. The first-order valence-corrected chi connectivity index (χ1v) is 5.68. The SMILES string of the molecule is CCC(C)(C)c1cc(O)c(O)c(I)c1. The van der Waals surface area contributed by atoms with Crippen LogP contribution < -0.4 is 0 Å². The van der Waals surface area contributed by atoms with Gasteiger partial charge in [0.05, 0.1) is 3.57 Å². The molecule has 2 nitrogen and oxygen atoms in total. The van der Waals surface area contributed by atoms with Gasteiger partial charge in [-0.1, -0.05) is 20.8 Å². The second-order valence-electron chi connectivity index (χ2n) is 4.06. The summed E-state index contributed by atoms with van der Waals surface area (Å²) in [7, 11) is 0. The third-order valence-electron chi connectivity index (χ3n) is 2.71. The minimum Gasteiger partial charge on any atom is -0.504 e. The van der Waals surface area contributed by atoms with Crippen molar-refractivity contribution in [2.75, 3.05) is 0 Å². The molecule has 1 aromatic rings. The quantitative estimate of drug-likeness (QED) is 0.649. The first-order valence-electron chi connectivity index (χ1n) is 4.60. The Hall–Kier alpha value is -0.450. The molecule has 0 aliphatic carbocycles. The second kappa shape index (κ2) is 3.96. The fourth-order valence-corrected chi connectivity index (χ4v) is 1.79. The monoisotopic (exact) mass is 306 g/mol. The third kappa shape index (κ3) is 2.13. The number of rotatable bonds is 2. The Morgan fingerprint density at radius 1 is 1.29 bits per heavy atom. The van der Waals surface area contributed by atoms with E-state index in [1.807, 2.05) is 28.7 Å². The molecule has 0 aliphatic rings. The van der Waals surface area contributed by atoms with E-state index in [-0.39, 0.29) is 16.9 Å². The van der Waals surface area contributed by atoms with Crippen molar-refractivity contribution in [3.8, 4) is 11.5 Å². The number of hydrogen-bond acceptors (Lipinski definition) is 2. The van der Waals surface area contributed by atoms with Crippen molar-refractivity contribution in [1.82, 2.24) is 0 Å². The molecule has 0 amide bonds. The first-order chi connectivity index (χ1) is 6.38. The fraction of sp³-hybridized carbons (Fsp3) is 0.455. The molecule has 0 spiro atoms. The molecule has 0 radical (unpaired) electrons. The molecule has 14 heavy (non-hydrogen) atoms. The van der Waals surface area contributed by atoms with Gasteiger partial charge in [-0.05, 0) is 52.1 Å². The molecule has 78 valence electrons. The maximum absolute atomic E-state index is 9.48. The van der Waals surface area contributed by atoms with Gasteiger partial charge in [-0.15, -0.1) is 0 Å². The number of benzene rings is 1. The Kier molecular flexibility index (Phi) is 3.29. The Balaban J connectivity index is 3.26. The van der Waals surface area contributed by atoms with Gasteiger partial charge in [0, 0.05) is 0 Å². The topological polar surface area (TPSA) is 40.5 Å². The van der Waals surface area contributed by atoms with E-state index >= 15 is 0 Å². The zero-order valence-electron chi connectivity index (χ0n) is 8.63. The van der Waals surface area contributed by atoms with Gasteiger partial charge >= 0.3 is 0 Å². The van der Waals surface area contributed by atoms with Crippen LogP contribution in [-0.2, 0) is 5.41 Å². The van der Waals surface area contributed by atoms with Gasteiger partial charge in [0.25, 0.3) is 0 Å². The molecular formula is C11H15IO2. The fourth-order valence-electron chi connectivity index (χ4n) is 1.18. The summed E-state index contributed by atoms with van der Waals surface area (Å²) < 4.78 is 0.694. The summed E-state index contributed by atoms with van der Waals surface area (Å²) in [6.07, 6.45) is 0.993. The van der Waals surface area contributed by atoms with Gasteiger partial charge in [0.2, 0.25) is 0 Å². The van der Waals surface area contributed by atoms with Crippen LogP contribution >= 0.6 is 22.6 Å². The lowest BCUT2D eigenvalue weighted by Gasteiger charge is -2.24. The lowest BCUT2D eigenvalue weighted by atomic mass is 9.82. The largest absolute Gasteiger partial charge is 0.504 e. The van der Waals surface area contributed by atoms with Gasteiger partial charge in [0.1, 0.15) is 0 Å². The first kappa shape index (κ1) is 11.6. The Labute approximate surface area is 98.1 Å². The molecule has 1 aromatic carbocycles. The Bertz CT molecular complexity index is 322. The Morgan fingerprint density at radius 2 is 1.86 bits per heavy atom. The third-order valence-corrected chi connectivity index (χ3v) is 3.53. The molecular weight excluding hydrogens is 291 g/mol. The van der Waals surface area contributed by atoms with Crippen LogP contribution in [0.1, 0.15) is 32.8 Å². The zero-order chi connectivity index (χ0) is 10.9. The zero-order valence-corrected chi connectivity index (χ0v) is 10.8. The molecule has 0 unspecified atom stereocenters. The van der Waals surface area contributed by atoms with E-state index in [9.17, 15) is 10.2 Å². The number of phenols is 2. The minimum atomic E-state index is -0.0339. The molecule has 1 rings (SSSR count). The van der Waals surface area contributed by atoms with Crippen LogP contribution in [0.15, 0.2) is 12.1 Å². The smallest absolute Gasteiger partial charge is 0.171 e. The van der Waals surface area contributed by atoms with E-state index in [1.165, 1.54) is 0 Å². The summed E-state index contributed by atoms with van der Waals surface area (Å²) in [5.41, 5.74) is 1.09. The van der Waals surface area contributed by atoms with Crippen molar-refractivity contribution >= 4 is 22.6 Å². The van der Waals surface area contributed by atoms with Crippen LogP contribution in [0.25, 0.3) is 0 Å². The van der Waals surface area contributed by atoms with Crippen molar-refractivity contribution < 1.29 is 10.2 Å². The highest BCUT2D eigenvalue weighted by molar-refractivity contribution is 14.1. The lowest BCUT2D eigenvalue weighted by Crippen LogP contribution is -2.15. The van der Waals surface area contributed by atoms with Crippen LogP contribution in [0, 0.1) is 3.57 Å². The molecule has 0 atom stereocenters. The Morgan fingerprint density at radius 3 is 2.29 bits per heavy atom. The van der Waals surface area contributed by atoms with E-state index in [2.05, 4.69) is 20.8 Å². The highest BCUT2D eigenvalue weighted by atomic mass is 127. The van der Waals surface area contributed by atoms with Crippen molar-refractivity contribution in [3.63, 3.8) is 0 Å². The number of phenolic OH excluding ortho intramolecular Hbond substituents is 2. The van der Waals surface area contributed by atoms with Crippen molar-refractivity contribution in [3.05, 3.63) is 21.3 Å². The van der Waals surface area contributed by atoms with Crippen LogP contribution in [-0.4, -0.2) is 10.2 Å². The summed E-state index contributed by atoms with van der Waals surface area (Å²) in [4.78, 5) is 0. The van der Waals surface area contributed by atoms with Gasteiger partial charge in [-0.3, -0.25) is 0 Å². The van der Waals surface area contributed by atoms with Crippen molar-refractivity contribution in [2.24, 2.45) is 0 Å². The maximum atomic E-state index is 9.48. The summed E-state index contributed by atoms with van der Waals surface area (Å²) >= 11 is 2.02. The summed E-state index contributed by atoms with van der Waals surface area (Å²) in [5.74, 6) is -0.0605. The van der Waals surface area contributed by atoms with Crippen LogP contribution in [0.2, 0.25) is 0 Å². The molecule has 3 heteroatoms. The number of hydrogen-bond donors (Lipinski definition) is 2. The number of aromatic hydroxyl groups is 2. The van der Waals surface area contributed by atoms with Crippen molar-refractivity contribution in [1.29, 1.82) is 0 Å². The second-order valence-corrected chi connectivity index (χ2v) is 5.23. The van der Waals surface area contributed by atoms with Crippen LogP contribution in [0.3, 0.4) is 0 Å². The predicted molar refractivity (Wildman–Crippen MR) is 65.8 cm³/mol. The molecule has 0 bridgehead atoms. The van der Waals surface area contributed by atoms with Gasteiger partial charge in [-0.2, -0.15) is 0 Å². The van der Waals surface area contributed by atoms with E-state index in [4.69, 9.17) is 0 Å². The molecule has 0 aliphatic heterocycles. The standard InChI is InChI=1S/C11H15IO2/c1-4-11(2,3)7-5-8(12)10(14)9(13)6-7/h5-6,13-14H,4H2,1-3H3. The highest BCUT2D eigenvalue weighted by Crippen LogP contribution is 2.36. The van der Waals surface area contributed by atoms with E-state index in [1.54, 1.807) is 6.07 Å². The molecule has 2 N–H and O–H groups in total.